The molecule has 2 atom stereocenters. The minimum absolute atomic E-state index is 0.270. The summed E-state index contributed by atoms with van der Waals surface area (Å²) in [5.41, 5.74) is 5.97. The largest absolute Gasteiger partial charge is 0.385 e. The summed E-state index contributed by atoms with van der Waals surface area (Å²) in [6, 6.07) is 0.270. The lowest BCUT2D eigenvalue weighted by Gasteiger charge is -2.28. The summed E-state index contributed by atoms with van der Waals surface area (Å²) in [5, 5.41) is 0. The van der Waals surface area contributed by atoms with Crippen molar-refractivity contribution in [3.63, 3.8) is 0 Å². The van der Waals surface area contributed by atoms with Crippen LogP contribution in [0.5, 0.6) is 0 Å². The molecule has 0 bridgehead atoms. The number of hydrogen-bond donors (Lipinski definition) is 1. The van der Waals surface area contributed by atoms with E-state index in [4.69, 9.17) is 15.2 Å². The maximum absolute atomic E-state index is 5.97. The summed E-state index contributed by atoms with van der Waals surface area (Å²) in [7, 11) is 1.73. The highest BCUT2D eigenvalue weighted by Crippen LogP contribution is 2.19. The van der Waals surface area contributed by atoms with E-state index in [1.807, 2.05) is 0 Å². The molecule has 0 saturated heterocycles. The fraction of sp³-hybridized carbons (Fsp3) is 1.00. The van der Waals surface area contributed by atoms with Gasteiger partial charge in [0.15, 0.2) is 0 Å². The number of nitrogens with two attached hydrogens (primary N) is 1. The van der Waals surface area contributed by atoms with E-state index in [0.717, 1.165) is 38.9 Å². The third kappa shape index (κ3) is 4.40. The summed E-state index contributed by atoms with van der Waals surface area (Å²) in [5.74, 6) is 0. The van der Waals surface area contributed by atoms with Crippen molar-refractivity contribution in [2.75, 3.05) is 20.3 Å². The molecule has 0 heterocycles. The molecule has 1 aliphatic carbocycles. The Morgan fingerprint density at radius 1 is 1.14 bits per heavy atom. The zero-order valence-corrected chi connectivity index (χ0v) is 9.21. The van der Waals surface area contributed by atoms with Crippen molar-refractivity contribution in [3.8, 4) is 0 Å². The predicted molar refractivity (Wildman–Crippen MR) is 57.3 cm³/mol. The lowest BCUT2D eigenvalue weighted by atomic mass is 9.93. The first kappa shape index (κ1) is 12.0. The van der Waals surface area contributed by atoms with Gasteiger partial charge in [0.2, 0.25) is 0 Å². The van der Waals surface area contributed by atoms with Crippen molar-refractivity contribution in [3.05, 3.63) is 0 Å². The molecule has 84 valence electrons. The fourth-order valence-corrected chi connectivity index (χ4v) is 1.92. The quantitative estimate of drug-likeness (QED) is 0.665. The maximum Gasteiger partial charge on any atom is 0.0725 e. The maximum atomic E-state index is 5.97. The molecule has 2 N–H and O–H groups in total. The number of hydrogen-bond acceptors (Lipinski definition) is 3. The molecule has 2 unspecified atom stereocenters. The van der Waals surface area contributed by atoms with E-state index in [-0.39, 0.29) is 6.04 Å². The van der Waals surface area contributed by atoms with Gasteiger partial charge >= 0.3 is 0 Å². The highest BCUT2D eigenvalue weighted by molar-refractivity contribution is 4.78. The summed E-state index contributed by atoms with van der Waals surface area (Å²) in [6.45, 7) is 1.67. The Morgan fingerprint density at radius 2 is 1.86 bits per heavy atom. The summed E-state index contributed by atoms with van der Waals surface area (Å²) in [6.07, 6.45) is 7.29. The van der Waals surface area contributed by atoms with E-state index >= 15 is 0 Å². The molecule has 3 nitrogen and oxygen atoms in total. The second-order valence-electron chi connectivity index (χ2n) is 4.06. The summed E-state index contributed by atoms with van der Waals surface area (Å²) < 4.78 is 10.7. The minimum atomic E-state index is 0.270. The van der Waals surface area contributed by atoms with Gasteiger partial charge in [-0.1, -0.05) is 12.8 Å². The van der Waals surface area contributed by atoms with Crippen LogP contribution in [0, 0.1) is 0 Å². The van der Waals surface area contributed by atoms with Crippen LogP contribution < -0.4 is 5.73 Å². The summed E-state index contributed by atoms with van der Waals surface area (Å²) >= 11 is 0. The van der Waals surface area contributed by atoms with Crippen LogP contribution in [0.25, 0.3) is 0 Å². The van der Waals surface area contributed by atoms with Gasteiger partial charge in [0, 0.05) is 26.4 Å². The Labute approximate surface area is 86.9 Å². The fourth-order valence-electron chi connectivity index (χ4n) is 1.92. The van der Waals surface area contributed by atoms with Crippen LogP contribution in [0.1, 0.15) is 38.5 Å². The zero-order chi connectivity index (χ0) is 10.2. The van der Waals surface area contributed by atoms with Crippen molar-refractivity contribution in [1.29, 1.82) is 0 Å². The molecule has 1 fully saturated rings. The highest BCUT2D eigenvalue weighted by atomic mass is 16.5. The van der Waals surface area contributed by atoms with Crippen molar-refractivity contribution in [2.24, 2.45) is 5.73 Å². The third-order valence-corrected chi connectivity index (χ3v) is 2.83. The molecule has 1 rings (SSSR count). The van der Waals surface area contributed by atoms with E-state index in [1.165, 1.54) is 12.8 Å². The molecule has 0 aromatic heterocycles. The first-order valence-electron chi connectivity index (χ1n) is 5.70. The molecule has 0 amide bonds. The number of ether oxygens (including phenoxy) is 2. The monoisotopic (exact) mass is 201 g/mol. The topological polar surface area (TPSA) is 44.5 Å². The smallest absolute Gasteiger partial charge is 0.0725 e. The van der Waals surface area contributed by atoms with Gasteiger partial charge in [0.1, 0.15) is 0 Å². The van der Waals surface area contributed by atoms with Crippen LogP contribution >= 0.6 is 0 Å². The van der Waals surface area contributed by atoms with Gasteiger partial charge in [-0.15, -0.1) is 0 Å². The SMILES string of the molecule is COCCCCOC1CCCCC1N. The number of unbranched alkanes of at least 4 members (excludes halogenated alkanes) is 1. The van der Waals surface area contributed by atoms with Crippen molar-refractivity contribution in [2.45, 2.75) is 50.7 Å². The van der Waals surface area contributed by atoms with Crippen LogP contribution in [0.2, 0.25) is 0 Å². The molecular weight excluding hydrogens is 178 g/mol. The van der Waals surface area contributed by atoms with Crippen LogP contribution in [-0.4, -0.2) is 32.5 Å². The van der Waals surface area contributed by atoms with Crippen LogP contribution in [-0.2, 0) is 9.47 Å². The highest BCUT2D eigenvalue weighted by Gasteiger charge is 2.21. The Morgan fingerprint density at radius 3 is 2.57 bits per heavy atom. The van der Waals surface area contributed by atoms with Gasteiger partial charge in [0.25, 0.3) is 0 Å². The summed E-state index contributed by atoms with van der Waals surface area (Å²) in [4.78, 5) is 0. The van der Waals surface area contributed by atoms with E-state index in [1.54, 1.807) is 7.11 Å². The van der Waals surface area contributed by atoms with Gasteiger partial charge in [-0.3, -0.25) is 0 Å². The standard InChI is InChI=1S/C11H23NO2/c1-13-8-4-5-9-14-11-7-3-2-6-10(11)12/h10-11H,2-9,12H2,1H3. The van der Waals surface area contributed by atoms with Crippen LogP contribution in [0.3, 0.4) is 0 Å². The van der Waals surface area contributed by atoms with Crippen LogP contribution in [0.4, 0.5) is 0 Å². The Kier molecular flexibility index (Phi) is 6.15. The Bertz CT molecular complexity index is 141. The molecule has 0 aromatic carbocycles. The number of rotatable bonds is 6. The third-order valence-electron chi connectivity index (χ3n) is 2.83. The lowest BCUT2D eigenvalue weighted by Crippen LogP contribution is -2.39. The van der Waals surface area contributed by atoms with E-state index < -0.39 is 0 Å². The second kappa shape index (κ2) is 7.21. The number of methoxy groups -OCH3 is 1. The molecule has 0 spiro atoms. The normalized spacial score (nSPS) is 27.9. The van der Waals surface area contributed by atoms with Crippen LogP contribution in [0.15, 0.2) is 0 Å². The molecule has 14 heavy (non-hydrogen) atoms. The zero-order valence-electron chi connectivity index (χ0n) is 9.21. The predicted octanol–water partition coefficient (Wildman–Crippen LogP) is 1.70. The first-order chi connectivity index (χ1) is 6.84. The molecule has 0 aliphatic heterocycles. The van der Waals surface area contributed by atoms with Gasteiger partial charge in [0.05, 0.1) is 6.10 Å². The van der Waals surface area contributed by atoms with Crippen molar-refractivity contribution >= 4 is 0 Å². The van der Waals surface area contributed by atoms with E-state index in [0.29, 0.717) is 6.10 Å². The molecule has 0 aromatic rings. The first-order valence-corrected chi connectivity index (χ1v) is 5.70. The average Bonchev–Trinajstić information content (AvgIpc) is 2.20. The lowest BCUT2D eigenvalue weighted by molar-refractivity contribution is 0.0113. The second-order valence-corrected chi connectivity index (χ2v) is 4.06. The van der Waals surface area contributed by atoms with Gasteiger partial charge in [-0.05, 0) is 25.7 Å². The molecular formula is C11H23NO2. The molecule has 0 radical (unpaired) electrons. The Balaban J connectivity index is 1.99. The molecule has 3 heteroatoms. The van der Waals surface area contributed by atoms with Crippen molar-refractivity contribution < 1.29 is 9.47 Å². The van der Waals surface area contributed by atoms with Crippen molar-refractivity contribution in [1.82, 2.24) is 0 Å². The minimum Gasteiger partial charge on any atom is -0.385 e. The van der Waals surface area contributed by atoms with E-state index in [9.17, 15) is 0 Å². The molecule has 1 saturated carbocycles. The average molecular weight is 201 g/mol. The Hall–Kier alpha value is -0.120. The van der Waals surface area contributed by atoms with Gasteiger partial charge in [-0.25, -0.2) is 0 Å². The van der Waals surface area contributed by atoms with Gasteiger partial charge in [-0.2, -0.15) is 0 Å². The van der Waals surface area contributed by atoms with Gasteiger partial charge < -0.3 is 15.2 Å². The molecule has 1 aliphatic rings. The van der Waals surface area contributed by atoms with E-state index in [2.05, 4.69) is 0 Å².